The number of hydrogen-bond acceptors (Lipinski definition) is 6. The van der Waals surface area contributed by atoms with Gasteiger partial charge in [-0.05, 0) is 68.0 Å². The van der Waals surface area contributed by atoms with E-state index in [2.05, 4.69) is 5.32 Å². The highest BCUT2D eigenvalue weighted by Gasteiger charge is 2.22. The lowest BCUT2D eigenvalue weighted by molar-refractivity contribution is -0.134. The number of esters is 1. The molecule has 1 unspecified atom stereocenters. The molecule has 1 fully saturated rings. The summed E-state index contributed by atoms with van der Waals surface area (Å²) >= 11 is 0. The van der Waals surface area contributed by atoms with Gasteiger partial charge in [-0.15, -0.1) is 0 Å². The highest BCUT2D eigenvalue weighted by Crippen LogP contribution is 2.27. The van der Waals surface area contributed by atoms with Crippen LogP contribution in [-0.2, 0) is 25.5 Å². The first-order valence-electron chi connectivity index (χ1n) is 12.8. The van der Waals surface area contributed by atoms with E-state index in [4.69, 9.17) is 14.2 Å². The third-order valence-corrected chi connectivity index (χ3v) is 6.43. The van der Waals surface area contributed by atoms with Crippen LogP contribution in [0.1, 0.15) is 54.4 Å². The second-order valence-electron chi connectivity index (χ2n) is 9.15. The molecule has 2 heterocycles. The number of nitrogens with one attached hydrogen (secondary N) is 1. The molecule has 2 amide bonds. The second-order valence-corrected chi connectivity index (χ2v) is 9.15. The standard InChI is InChI=1S/C28H34N2O6/c31-26-14-11-22-19-23(12-13-25(22)29-26)34-17-6-10-27(32)30(20-24-9-4-5-16-35-24)15-18-36-28(33)21-7-2-1-3-8-21/h1-3,7-8,12-13,19,24H,4-6,9-11,14-18,20H2,(H,29,31). The number of ether oxygens (including phenoxy) is 3. The number of fused-ring (bicyclic) bond motifs is 1. The first kappa shape index (κ1) is 25.7. The van der Waals surface area contributed by atoms with Crippen LogP contribution in [0.3, 0.4) is 0 Å². The van der Waals surface area contributed by atoms with Gasteiger partial charge in [0.25, 0.3) is 0 Å². The maximum Gasteiger partial charge on any atom is 0.338 e. The van der Waals surface area contributed by atoms with Crippen LogP contribution in [0.4, 0.5) is 5.69 Å². The van der Waals surface area contributed by atoms with Crippen molar-refractivity contribution in [1.29, 1.82) is 0 Å². The van der Waals surface area contributed by atoms with Crippen LogP contribution >= 0.6 is 0 Å². The minimum absolute atomic E-state index is 0.00307. The zero-order chi connectivity index (χ0) is 25.2. The van der Waals surface area contributed by atoms with Gasteiger partial charge in [0, 0.05) is 31.7 Å². The molecule has 192 valence electrons. The van der Waals surface area contributed by atoms with Gasteiger partial charge < -0.3 is 24.4 Å². The molecule has 0 aliphatic carbocycles. The van der Waals surface area contributed by atoms with Gasteiger partial charge in [0.15, 0.2) is 0 Å². The Labute approximate surface area is 211 Å². The molecule has 0 bridgehead atoms. The van der Waals surface area contributed by atoms with Gasteiger partial charge in [-0.25, -0.2) is 4.79 Å². The summed E-state index contributed by atoms with van der Waals surface area (Å²) < 4.78 is 17.1. The van der Waals surface area contributed by atoms with E-state index in [9.17, 15) is 14.4 Å². The largest absolute Gasteiger partial charge is 0.494 e. The Kier molecular flexibility index (Phi) is 9.33. The van der Waals surface area contributed by atoms with Crippen molar-refractivity contribution < 1.29 is 28.6 Å². The Morgan fingerprint density at radius 2 is 1.92 bits per heavy atom. The van der Waals surface area contributed by atoms with E-state index in [1.54, 1.807) is 29.2 Å². The van der Waals surface area contributed by atoms with E-state index in [1.165, 1.54) is 0 Å². The average Bonchev–Trinajstić information content (AvgIpc) is 2.91. The molecule has 1 saturated heterocycles. The number of benzene rings is 2. The number of hydrogen-bond donors (Lipinski definition) is 1. The molecule has 2 aromatic carbocycles. The molecule has 1 N–H and O–H groups in total. The molecule has 2 aromatic rings. The van der Waals surface area contributed by atoms with E-state index in [-0.39, 0.29) is 24.5 Å². The Morgan fingerprint density at radius 3 is 2.72 bits per heavy atom. The zero-order valence-electron chi connectivity index (χ0n) is 20.6. The first-order valence-corrected chi connectivity index (χ1v) is 12.8. The van der Waals surface area contributed by atoms with Gasteiger partial charge in [0.05, 0.1) is 24.8 Å². The molecule has 0 radical (unpaired) electrons. The lowest BCUT2D eigenvalue weighted by Crippen LogP contribution is -2.41. The van der Waals surface area contributed by atoms with E-state index in [0.29, 0.717) is 57.6 Å². The van der Waals surface area contributed by atoms with Crippen molar-refractivity contribution in [1.82, 2.24) is 4.90 Å². The number of carbonyl (C=O) groups is 3. The summed E-state index contributed by atoms with van der Waals surface area (Å²) in [5.41, 5.74) is 2.39. The first-order chi connectivity index (χ1) is 17.6. The average molecular weight is 495 g/mol. The number of nitrogens with zero attached hydrogens (tertiary/aromatic N) is 1. The highest BCUT2D eigenvalue weighted by molar-refractivity contribution is 5.94. The number of amides is 2. The van der Waals surface area contributed by atoms with Crippen LogP contribution in [-0.4, -0.2) is 61.7 Å². The van der Waals surface area contributed by atoms with E-state index >= 15 is 0 Å². The third-order valence-electron chi connectivity index (χ3n) is 6.43. The van der Waals surface area contributed by atoms with Gasteiger partial charge in [0.2, 0.25) is 11.8 Å². The minimum Gasteiger partial charge on any atom is -0.494 e. The fourth-order valence-electron chi connectivity index (χ4n) is 4.44. The summed E-state index contributed by atoms with van der Waals surface area (Å²) in [5.74, 6) is 0.372. The fraction of sp³-hybridized carbons (Fsp3) is 0.464. The molecule has 0 aromatic heterocycles. The Morgan fingerprint density at radius 1 is 1.06 bits per heavy atom. The molecular weight excluding hydrogens is 460 g/mol. The van der Waals surface area contributed by atoms with Gasteiger partial charge >= 0.3 is 5.97 Å². The summed E-state index contributed by atoms with van der Waals surface area (Å²) in [6.45, 7) is 2.09. The topological polar surface area (TPSA) is 94.2 Å². The molecule has 1 atom stereocenters. The summed E-state index contributed by atoms with van der Waals surface area (Å²) in [6, 6.07) is 14.5. The Bertz CT molecular complexity index is 1040. The smallest absolute Gasteiger partial charge is 0.338 e. The summed E-state index contributed by atoms with van der Waals surface area (Å²) in [6.07, 6.45) is 5.16. The van der Waals surface area contributed by atoms with Crippen molar-refractivity contribution in [2.45, 2.75) is 51.0 Å². The lowest BCUT2D eigenvalue weighted by atomic mass is 10.0. The number of anilines is 1. The molecule has 2 aliphatic rings. The predicted molar refractivity (Wildman–Crippen MR) is 135 cm³/mol. The van der Waals surface area contributed by atoms with Gasteiger partial charge in [0.1, 0.15) is 12.4 Å². The van der Waals surface area contributed by atoms with Crippen molar-refractivity contribution >= 4 is 23.5 Å². The highest BCUT2D eigenvalue weighted by atomic mass is 16.5. The number of carbonyl (C=O) groups excluding carboxylic acids is 3. The van der Waals surface area contributed by atoms with Gasteiger partial charge in [-0.1, -0.05) is 18.2 Å². The van der Waals surface area contributed by atoms with Crippen molar-refractivity contribution in [3.05, 3.63) is 59.7 Å². The number of rotatable bonds is 11. The summed E-state index contributed by atoms with van der Waals surface area (Å²) in [5, 5.41) is 2.86. The van der Waals surface area contributed by atoms with Crippen LogP contribution in [0.25, 0.3) is 0 Å². The SMILES string of the molecule is O=C1CCc2cc(OCCCC(=O)N(CCOC(=O)c3ccccc3)CC3CCCCO3)ccc2N1. The van der Waals surface area contributed by atoms with Gasteiger partial charge in [-0.2, -0.15) is 0 Å². The second kappa shape index (κ2) is 13.1. The number of aryl methyl sites for hydroxylation is 1. The predicted octanol–water partition coefficient (Wildman–Crippen LogP) is 3.99. The maximum atomic E-state index is 13.0. The molecule has 2 aliphatic heterocycles. The molecule has 8 heteroatoms. The fourth-order valence-corrected chi connectivity index (χ4v) is 4.44. The van der Waals surface area contributed by atoms with Crippen molar-refractivity contribution in [3.63, 3.8) is 0 Å². The van der Waals surface area contributed by atoms with Crippen LogP contribution < -0.4 is 10.1 Å². The van der Waals surface area contributed by atoms with Crippen LogP contribution in [0, 0.1) is 0 Å². The minimum atomic E-state index is -0.394. The molecular formula is C28H34N2O6. The van der Waals surface area contributed by atoms with E-state index < -0.39 is 5.97 Å². The van der Waals surface area contributed by atoms with Crippen LogP contribution in [0.2, 0.25) is 0 Å². The molecule has 36 heavy (non-hydrogen) atoms. The third kappa shape index (κ3) is 7.55. The summed E-state index contributed by atoms with van der Waals surface area (Å²) in [7, 11) is 0. The maximum absolute atomic E-state index is 13.0. The Hall–Kier alpha value is -3.39. The molecule has 4 rings (SSSR count). The zero-order valence-corrected chi connectivity index (χ0v) is 20.6. The lowest BCUT2D eigenvalue weighted by Gasteiger charge is -2.30. The van der Waals surface area contributed by atoms with Crippen LogP contribution in [0.15, 0.2) is 48.5 Å². The Balaban J connectivity index is 1.24. The molecule has 8 nitrogen and oxygen atoms in total. The van der Waals surface area contributed by atoms with E-state index in [1.807, 2.05) is 24.3 Å². The van der Waals surface area contributed by atoms with Crippen molar-refractivity contribution in [2.24, 2.45) is 0 Å². The van der Waals surface area contributed by atoms with E-state index in [0.717, 1.165) is 36.3 Å². The quantitative estimate of drug-likeness (QED) is 0.375. The molecule has 0 saturated carbocycles. The van der Waals surface area contributed by atoms with Crippen molar-refractivity contribution in [2.75, 3.05) is 38.2 Å². The summed E-state index contributed by atoms with van der Waals surface area (Å²) in [4.78, 5) is 38.5. The normalized spacial score (nSPS) is 17.0. The molecule has 0 spiro atoms. The van der Waals surface area contributed by atoms with Crippen molar-refractivity contribution in [3.8, 4) is 5.75 Å². The van der Waals surface area contributed by atoms with Crippen LogP contribution in [0.5, 0.6) is 5.75 Å². The monoisotopic (exact) mass is 494 g/mol. The van der Waals surface area contributed by atoms with Gasteiger partial charge in [-0.3, -0.25) is 9.59 Å².